The molecule has 0 aliphatic rings. The van der Waals surface area contributed by atoms with Crippen molar-refractivity contribution in [2.45, 2.75) is 264 Å². The Morgan fingerprint density at radius 2 is 0.824 bits per heavy atom. The number of ether oxygens (including phenoxy) is 1. The topological polar surface area (TPSA) is 95.9 Å². The summed E-state index contributed by atoms with van der Waals surface area (Å²) in [6.45, 7) is 6.31. The fraction of sp³-hybridized carbons (Fsp3) is 0.677. The average Bonchev–Trinajstić information content (AvgIpc) is 3.33. The van der Waals surface area contributed by atoms with Crippen molar-refractivity contribution >= 4 is 11.9 Å². The minimum atomic E-state index is -0.825. The Morgan fingerprint density at radius 1 is 0.456 bits per heavy atom. The van der Waals surface area contributed by atoms with Crippen LogP contribution >= 0.6 is 0 Å². The van der Waals surface area contributed by atoms with Crippen LogP contribution in [0, 0.1) is 0 Å². The molecule has 0 bridgehead atoms. The maximum atomic E-state index is 13.2. The first kappa shape index (κ1) is 64.5. The minimum Gasteiger partial charge on any atom is -0.461 e. The number of carbonyl (C=O) groups excluding carboxylic acids is 2. The lowest BCUT2D eigenvalue weighted by molar-refractivity contribution is -0.150. The van der Waals surface area contributed by atoms with Crippen molar-refractivity contribution in [1.82, 2.24) is 5.32 Å². The highest BCUT2D eigenvalue weighted by atomic mass is 16.5. The lowest BCUT2D eigenvalue weighted by atomic mass is 10.0. The van der Waals surface area contributed by atoms with Crippen LogP contribution in [0.5, 0.6) is 0 Å². The molecule has 0 aromatic rings. The van der Waals surface area contributed by atoms with Crippen LogP contribution in [-0.4, -0.2) is 46.9 Å². The first-order chi connectivity index (χ1) is 33.5. The third-order valence-electron chi connectivity index (χ3n) is 12.1. The zero-order valence-corrected chi connectivity index (χ0v) is 44.2. The van der Waals surface area contributed by atoms with Crippen LogP contribution in [0.25, 0.3) is 0 Å². The quantitative estimate of drug-likeness (QED) is 0.0321. The van der Waals surface area contributed by atoms with E-state index in [1.807, 2.05) is 12.2 Å². The Labute approximate surface area is 419 Å². The van der Waals surface area contributed by atoms with Crippen LogP contribution in [0.2, 0.25) is 0 Å². The third kappa shape index (κ3) is 49.0. The first-order valence-electron chi connectivity index (χ1n) is 28.1. The number of nitrogens with one attached hydrogen (secondary N) is 1. The molecule has 0 saturated heterocycles. The molecule has 0 aliphatic carbocycles. The van der Waals surface area contributed by atoms with Crippen LogP contribution in [0.4, 0.5) is 0 Å². The van der Waals surface area contributed by atoms with Crippen LogP contribution < -0.4 is 5.32 Å². The van der Waals surface area contributed by atoms with E-state index in [0.29, 0.717) is 19.3 Å². The molecule has 0 spiro atoms. The number of esters is 1. The van der Waals surface area contributed by atoms with Gasteiger partial charge in [0.15, 0.2) is 0 Å². The molecule has 3 atom stereocenters. The predicted octanol–water partition coefficient (Wildman–Crippen LogP) is 17.5. The van der Waals surface area contributed by atoms with E-state index in [1.165, 1.54) is 103 Å². The summed E-state index contributed by atoms with van der Waals surface area (Å²) in [5.74, 6) is -0.622. The Kier molecular flexibility index (Phi) is 51.7. The molecule has 388 valence electrons. The van der Waals surface area contributed by atoms with Gasteiger partial charge >= 0.3 is 5.97 Å². The summed E-state index contributed by atoms with van der Waals surface area (Å²) in [4.78, 5) is 26.2. The van der Waals surface area contributed by atoms with Gasteiger partial charge in [-0.3, -0.25) is 9.59 Å². The van der Waals surface area contributed by atoms with Crippen LogP contribution in [0.3, 0.4) is 0 Å². The van der Waals surface area contributed by atoms with Gasteiger partial charge in [-0.25, -0.2) is 0 Å². The van der Waals surface area contributed by atoms with Gasteiger partial charge in [-0.1, -0.05) is 246 Å². The second-order valence-electron chi connectivity index (χ2n) is 18.6. The highest BCUT2D eigenvalue weighted by molar-refractivity contribution is 5.77. The second kappa shape index (κ2) is 54.5. The lowest BCUT2D eigenvalue weighted by Crippen LogP contribution is -2.46. The lowest BCUT2D eigenvalue weighted by Gasteiger charge is -2.24. The Balaban J connectivity index is 4.75. The summed E-state index contributed by atoms with van der Waals surface area (Å²) in [7, 11) is 0. The Bertz CT molecular complexity index is 1380. The molecule has 68 heavy (non-hydrogen) atoms. The summed E-state index contributed by atoms with van der Waals surface area (Å²) >= 11 is 0. The van der Waals surface area contributed by atoms with E-state index in [1.54, 1.807) is 0 Å². The molecule has 0 saturated carbocycles. The monoisotopic (exact) mass is 944 g/mol. The van der Waals surface area contributed by atoms with Crippen molar-refractivity contribution in [3.8, 4) is 0 Å². The van der Waals surface area contributed by atoms with Crippen LogP contribution in [-0.2, 0) is 14.3 Å². The number of unbranched alkanes of at least 4 members (excludes halogenated alkanes) is 20. The van der Waals surface area contributed by atoms with E-state index in [-0.39, 0.29) is 24.9 Å². The Morgan fingerprint density at radius 3 is 1.26 bits per heavy atom. The number of carbonyl (C=O) groups is 2. The van der Waals surface area contributed by atoms with Gasteiger partial charge in [0.2, 0.25) is 5.91 Å². The van der Waals surface area contributed by atoms with E-state index < -0.39 is 18.2 Å². The second-order valence-corrected chi connectivity index (χ2v) is 18.6. The number of amides is 1. The van der Waals surface area contributed by atoms with Gasteiger partial charge in [0.1, 0.15) is 6.10 Å². The minimum absolute atomic E-state index is 0.0195. The first-order valence-corrected chi connectivity index (χ1v) is 28.1. The smallest absolute Gasteiger partial charge is 0.306 e. The number of aliphatic hydroxyl groups is 2. The number of allylic oxidation sites excluding steroid dienone is 17. The van der Waals surface area contributed by atoms with Crippen LogP contribution in [0.15, 0.2) is 109 Å². The molecule has 0 rings (SSSR count). The molecule has 6 nitrogen and oxygen atoms in total. The number of hydrogen-bond acceptors (Lipinski definition) is 5. The zero-order valence-electron chi connectivity index (χ0n) is 44.2. The highest BCUT2D eigenvalue weighted by Crippen LogP contribution is 2.16. The summed E-state index contributed by atoms with van der Waals surface area (Å²) in [5, 5.41) is 23.8. The van der Waals surface area contributed by atoms with Crippen molar-refractivity contribution in [3.05, 3.63) is 109 Å². The van der Waals surface area contributed by atoms with Gasteiger partial charge < -0.3 is 20.3 Å². The zero-order chi connectivity index (χ0) is 49.5. The molecule has 0 aromatic heterocycles. The van der Waals surface area contributed by atoms with Gasteiger partial charge in [0.05, 0.1) is 25.2 Å². The molecule has 3 unspecified atom stereocenters. The molecular weight excluding hydrogens is 839 g/mol. The molecule has 0 radical (unpaired) electrons. The predicted molar refractivity (Wildman–Crippen MR) is 296 cm³/mol. The summed E-state index contributed by atoms with van der Waals surface area (Å²) in [6, 6.07) is -0.746. The van der Waals surface area contributed by atoms with Crippen molar-refractivity contribution in [1.29, 1.82) is 0 Å². The number of aliphatic hydroxyl groups excluding tert-OH is 2. The third-order valence-corrected chi connectivity index (χ3v) is 12.1. The molecular formula is C62H105NO5. The van der Waals surface area contributed by atoms with Crippen molar-refractivity contribution in [2.75, 3.05) is 6.61 Å². The molecule has 0 aromatic carbocycles. The largest absolute Gasteiger partial charge is 0.461 e. The fourth-order valence-electron chi connectivity index (χ4n) is 7.85. The molecule has 0 aliphatic heterocycles. The summed E-state index contributed by atoms with van der Waals surface area (Å²) in [5.41, 5.74) is 0. The SMILES string of the molecule is CC/C=C\C/C=C\C/C=C\C/C=C\C/C=C\CC(CC(=O)NC(CO)C(O)CCCCCCCCCCCCCCCCC)OC(=O)CCCCC/C=C\C/C=C\C/C=C\C/C=C\CCCCC. The Hall–Kier alpha value is -3.48. The van der Waals surface area contributed by atoms with Crippen LogP contribution in [0.1, 0.15) is 245 Å². The van der Waals surface area contributed by atoms with Crippen molar-refractivity contribution in [2.24, 2.45) is 0 Å². The van der Waals surface area contributed by atoms with E-state index in [2.05, 4.69) is 123 Å². The van der Waals surface area contributed by atoms with Crippen molar-refractivity contribution in [3.63, 3.8) is 0 Å². The maximum absolute atomic E-state index is 13.2. The van der Waals surface area contributed by atoms with E-state index in [4.69, 9.17) is 4.74 Å². The van der Waals surface area contributed by atoms with Gasteiger partial charge in [-0.15, -0.1) is 0 Å². The van der Waals surface area contributed by atoms with E-state index >= 15 is 0 Å². The highest BCUT2D eigenvalue weighted by Gasteiger charge is 2.23. The van der Waals surface area contributed by atoms with Gasteiger partial charge in [0, 0.05) is 12.8 Å². The molecule has 3 N–H and O–H groups in total. The summed E-state index contributed by atoms with van der Waals surface area (Å²) in [6.07, 6.45) is 74.5. The molecule has 1 amide bonds. The van der Waals surface area contributed by atoms with Gasteiger partial charge in [-0.2, -0.15) is 0 Å². The molecule has 6 heteroatoms. The van der Waals surface area contributed by atoms with E-state index in [0.717, 1.165) is 96.3 Å². The normalized spacial score (nSPS) is 14.0. The number of rotatable bonds is 49. The standard InChI is InChI=1S/C62H105NO5/c1-4-7-10-13-16-19-22-25-28-29-30-31-34-37-40-43-46-49-52-55-62(67)68-58(53-50-47-44-41-38-35-32-26-23-20-17-14-11-8-5-2)56-61(66)63-59(57-64)60(65)54-51-48-45-42-39-36-33-27-24-21-18-15-12-9-6-3/h8,11,16-17,19-20,25-26,28,30-32,37-38,40-41,47,50,58-60,64-65H,4-7,9-10,12-15,18,21-24,27,29,33-36,39,42-46,48-49,51-57H2,1-3H3,(H,63,66)/b11-8-,19-16-,20-17-,28-25-,31-30-,32-26-,40-37-,41-38-,50-47-. The van der Waals surface area contributed by atoms with E-state index in [9.17, 15) is 19.8 Å². The fourth-order valence-corrected chi connectivity index (χ4v) is 7.85. The van der Waals surface area contributed by atoms with Gasteiger partial charge in [0.25, 0.3) is 0 Å². The maximum Gasteiger partial charge on any atom is 0.306 e. The average molecular weight is 945 g/mol. The number of hydrogen-bond donors (Lipinski definition) is 3. The molecule has 0 heterocycles. The van der Waals surface area contributed by atoms with Gasteiger partial charge in [-0.05, 0) is 89.9 Å². The summed E-state index contributed by atoms with van der Waals surface area (Å²) < 4.78 is 5.87. The molecule has 0 fully saturated rings. The van der Waals surface area contributed by atoms with Crippen molar-refractivity contribution < 1.29 is 24.5 Å².